The van der Waals surface area contributed by atoms with Crippen LogP contribution >= 0.6 is 0 Å². The molecule has 2 aromatic rings. The van der Waals surface area contributed by atoms with Gasteiger partial charge >= 0.3 is 6.18 Å². The number of rotatable bonds is 6. The Bertz CT molecular complexity index is 1100. The van der Waals surface area contributed by atoms with E-state index >= 15 is 0 Å². The van der Waals surface area contributed by atoms with Crippen LogP contribution in [0.25, 0.3) is 0 Å². The van der Waals surface area contributed by atoms with Crippen molar-refractivity contribution in [3.63, 3.8) is 0 Å². The summed E-state index contributed by atoms with van der Waals surface area (Å²) in [4.78, 5) is 16.1. The van der Waals surface area contributed by atoms with Crippen molar-refractivity contribution in [1.29, 1.82) is 5.26 Å². The maximum atomic E-state index is 13.3. The van der Waals surface area contributed by atoms with Gasteiger partial charge in [0.1, 0.15) is 5.75 Å². The van der Waals surface area contributed by atoms with Gasteiger partial charge in [0.15, 0.2) is 0 Å². The Morgan fingerprint density at radius 2 is 1.75 bits per heavy atom. The van der Waals surface area contributed by atoms with Gasteiger partial charge < -0.3 is 24.4 Å². The molecule has 0 bridgehead atoms. The van der Waals surface area contributed by atoms with E-state index in [-0.39, 0.29) is 12.5 Å². The molecule has 0 saturated carbocycles. The zero-order valence-corrected chi connectivity index (χ0v) is 19.8. The van der Waals surface area contributed by atoms with Gasteiger partial charge in [-0.1, -0.05) is 0 Å². The molecule has 192 valence electrons. The number of carbonyl (C=O) groups excluding carboxylic acids is 1. The Morgan fingerprint density at radius 1 is 1.08 bits per heavy atom. The third-order valence-electron chi connectivity index (χ3n) is 6.72. The van der Waals surface area contributed by atoms with Gasteiger partial charge in [0.05, 0.1) is 42.6 Å². The SMILES string of the molecule is N#Cc1ccc(N2CCC(O)(CCOc3ccc(C(=O)N4CCOCC4)cc3)CC2)cc1C(F)(F)F. The van der Waals surface area contributed by atoms with Crippen molar-refractivity contribution in [2.75, 3.05) is 50.9 Å². The van der Waals surface area contributed by atoms with E-state index in [0.717, 1.165) is 6.07 Å². The standard InChI is InChI=1S/C26H28F3N3O4/c27-26(28,29)23-17-21(4-1-20(23)18-30)31-10-7-25(34,8-11-31)9-14-36-22-5-2-19(3-6-22)24(33)32-12-15-35-16-13-32/h1-6,17,34H,7-16H2. The summed E-state index contributed by atoms with van der Waals surface area (Å²) >= 11 is 0. The van der Waals surface area contributed by atoms with Crippen LogP contribution in [0.3, 0.4) is 0 Å². The molecule has 2 fully saturated rings. The normalized spacial score (nSPS) is 18.0. The fraction of sp³-hybridized carbons (Fsp3) is 0.462. The van der Waals surface area contributed by atoms with Gasteiger partial charge in [-0.05, 0) is 55.3 Å². The summed E-state index contributed by atoms with van der Waals surface area (Å²) in [5, 5.41) is 19.9. The molecule has 2 saturated heterocycles. The third-order valence-corrected chi connectivity index (χ3v) is 6.72. The van der Waals surface area contributed by atoms with Crippen LogP contribution in [-0.4, -0.2) is 67.5 Å². The van der Waals surface area contributed by atoms with Crippen molar-refractivity contribution in [2.24, 2.45) is 0 Å². The number of hydrogen-bond donors (Lipinski definition) is 1. The molecule has 0 aromatic heterocycles. The lowest BCUT2D eigenvalue weighted by Gasteiger charge is -2.39. The molecule has 0 radical (unpaired) electrons. The number of anilines is 1. The molecule has 1 N–H and O–H groups in total. The van der Waals surface area contributed by atoms with Gasteiger partial charge in [-0.2, -0.15) is 18.4 Å². The molecule has 2 heterocycles. The van der Waals surface area contributed by atoms with Crippen LogP contribution in [0.2, 0.25) is 0 Å². The smallest absolute Gasteiger partial charge is 0.417 e. The largest absolute Gasteiger partial charge is 0.493 e. The zero-order chi connectivity index (χ0) is 25.8. The number of alkyl halides is 3. The summed E-state index contributed by atoms with van der Waals surface area (Å²) in [6.45, 7) is 3.26. The van der Waals surface area contributed by atoms with Gasteiger partial charge in [0.2, 0.25) is 0 Å². The minimum Gasteiger partial charge on any atom is -0.493 e. The summed E-state index contributed by atoms with van der Waals surface area (Å²) in [6, 6.07) is 12.2. The average Bonchev–Trinajstić information content (AvgIpc) is 2.89. The van der Waals surface area contributed by atoms with Crippen molar-refractivity contribution in [2.45, 2.75) is 31.0 Å². The number of benzene rings is 2. The molecule has 7 nitrogen and oxygen atoms in total. The number of nitrogens with zero attached hydrogens (tertiary/aromatic N) is 3. The molecule has 2 aromatic carbocycles. The molecule has 0 unspecified atom stereocenters. The maximum Gasteiger partial charge on any atom is 0.417 e. The summed E-state index contributed by atoms with van der Waals surface area (Å²) in [6.07, 6.45) is -3.48. The number of carbonyl (C=O) groups is 1. The first kappa shape index (κ1) is 25.8. The first-order valence-electron chi connectivity index (χ1n) is 11.9. The Kier molecular flexibility index (Phi) is 7.71. The van der Waals surface area contributed by atoms with Crippen LogP contribution < -0.4 is 9.64 Å². The minimum atomic E-state index is -4.61. The topological polar surface area (TPSA) is 86.0 Å². The lowest BCUT2D eigenvalue weighted by molar-refractivity contribution is -0.137. The highest BCUT2D eigenvalue weighted by atomic mass is 19.4. The van der Waals surface area contributed by atoms with Gasteiger partial charge in [0, 0.05) is 43.9 Å². The highest BCUT2D eigenvalue weighted by Gasteiger charge is 2.36. The number of halogens is 3. The van der Waals surface area contributed by atoms with Crippen molar-refractivity contribution >= 4 is 11.6 Å². The molecule has 0 atom stereocenters. The number of morpholine rings is 1. The quantitative estimate of drug-likeness (QED) is 0.645. The number of piperidine rings is 1. The van der Waals surface area contributed by atoms with E-state index in [4.69, 9.17) is 14.7 Å². The number of nitriles is 1. The average molecular weight is 504 g/mol. The predicted octanol–water partition coefficient (Wildman–Crippen LogP) is 3.85. The molecule has 2 aliphatic heterocycles. The number of aliphatic hydroxyl groups is 1. The Morgan fingerprint density at radius 3 is 2.36 bits per heavy atom. The second-order valence-corrected chi connectivity index (χ2v) is 9.08. The first-order chi connectivity index (χ1) is 17.2. The Hall–Kier alpha value is -3.29. The van der Waals surface area contributed by atoms with Gasteiger partial charge in [-0.25, -0.2) is 0 Å². The zero-order valence-electron chi connectivity index (χ0n) is 19.8. The summed E-state index contributed by atoms with van der Waals surface area (Å²) in [5.74, 6) is 0.544. The van der Waals surface area contributed by atoms with Gasteiger partial charge in [0.25, 0.3) is 5.91 Å². The third kappa shape index (κ3) is 6.09. The molecule has 4 rings (SSSR count). The molecule has 10 heteroatoms. The van der Waals surface area contributed by atoms with Crippen LogP contribution in [0.15, 0.2) is 42.5 Å². The fourth-order valence-electron chi connectivity index (χ4n) is 4.49. The lowest BCUT2D eigenvalue weighted by atomic mass is 9.88. The van der Waals surface area contributed by atoms with E-state index in [2.05, 4.69) is 0 Å². The van der Waals surface area contributed by atoms with Crippen molar-refractivity contribution < 1.29 is 32.5 Å². The van der Waals surface area contributed by atoms with Crippen LogP contribution in [0.4, 0.5) is 18.9 Å². The monoisotopic (exact) mass is 503 g/mol. The molecule has 0 spiro atoms. The van der Waals surface area contributed by atoms with Crippen LogP contribution in [-0.2, 0) is 10.9 Å². The van der Waals surface area contributed by atoms with E-state index < -0.39 is 22.9 Å². The second-order valence-electron chi connectivity index (χ2n) is 9.08. The highest BCUT2D eigenvalue weighted by Crippen LogP contribution is 2.36. The van der Waals surface area contributed by atoms with E-state index in [0.29, 0.717) is 75.7 Å². The van der Waals surface area contributed by atoms with E-state index in [1.807, 2.05) is 0 Å². The number of amides is 1. The molecular formula is C26H28F3N3O4. The summed E-state index contributed by atoms with van der Waals surface area (Å²) in [7, 11) is 0. The molecule has 36 heavy (non-hydrogen) atoms. The van der Waals surface area contributed by atoms with Crippen LogP contribution in [0.5, 0.6) is 5.75 Å². The van der Waals surface area contributed by atoms with Crippen LogP contribution in [0.1, 0.15) is 40.7 Å². The molecule has 0 aliphatic carbocycles. The van der Waals surface area contributed by atoms with Crippen molar-refractivity contribution in [3.8, 4) is 11.8 Å². The Balaban J connectivity index is 1.27. The molecular weight excluding hydrogens is 475 g/mol. The van der Waals surface area contributed by atoms with E-state index in [9.17, 15) is 23.1 Å². The van der Waals surface area contributed by atoms with E-state index in [1.54, 1.807) is 40.1 Å². The number of ether oxygens (including phenoxy) is 2. The molecule has 1 amide bonds. The lowest BCUT2D eigenvalue weighted by Crippen LogP contribution is -2.45. The molecule has 2 aliphatic rings. The minimum absolute atomic E-state index is 0.0458. The van der Waals surface area contributed by atoms with E-state index in [1.165, 1.54) is 12.1 Å². The highest BCUT2D eigenvalue weighted by molar-refractivity contribution is 5.94. The summed E-state index contributed by atoms with van der Waals surface area (Å²) < 4.78 is 50.9. The first-order valence-corrected chi connectivity index (χ1v) is 11.9. The Labute approximate surface area is 207 Å². The number of hydrogen-bond acceptors (Lipinski definition) is 6. The fourth-order valence-corrected chi connectivity index (χ4v) is 4.49. The summed E-state index contributed by atoms with van der Waals surface area (Å²) in [5.41, 5.74) is -1.38. The second kappa shape index (κ2) is 10.8. The van der Waals surface area contributed by atoms with Gasteiger partial charge in [-0.15, -0.1) is 0 Å². The van der Waals surface area contributed by atoms with Gasteiger partial charge in [-0.3, -0.25) is 4.79 Å². The maximum absolute atomic E-state index is 13.3. The van der Waals surface area contributed by atoms with Crippen molar-refractivity contribution in [3.05, 3.63) is 59.2 Å². The van der Waals surface area contributed by atoms with Crippen LogP contribution in [0, 0.1) is 11.3 Å². The predicted molar refractivity (Wildman–Crippen MR) is 126 cm³/mol. The van der Waals surface area contributed by atoms with Crippen molar-refractivity contribution in [1.82, 2.24) is 4.90 Å².